The van der Waals surface area contributed by atoms with Crippen molar-refractivity contribution in [1.29, 1.82) is 0 Å². The van der Waals surface area contributed by atoms with E-state index in [0.29, 0.717) is 5.56 Å². The molecule has 1 rings (SSSR count). The molecule has 2 nitrogen and oxygen atoms in total. The normalized spacial score (nSPS) is 15.5. The van der Waals surface area contributed by atoms with Crippen molar-refractivity contribution in [2.24, 2.45) is 0 Å². The topological polar surface area (TPSA) is 40.5 Å². The minimum absolute atomic E-state index is 0.269. The van der Waals surface area contributed by atoms with Crippen molar-refractivity contribution >= 4 is 6.08 Å². The van der Waals surface area contributed by atoms with Crippen molar-refractivity contribution in [3.8, 4) is 0 Å². The molecule has 17 heavy (non-hydrogen) atoms. The molecular weight excluding hydrogens is 226 g/mol. The first-order valence-electron chi connectivity index (χ1n) is 5.17. The molecule has 0 radical (unpaired) electrons. The van der Waals surface area contributed by atoms with E-state index in [1.54, 1.807) is 0 Å². The average molecular weight is 240 g/mol. The molecule has 0 aliphatic carbocycles. The van der Waals surface area contributed by atoms with Crippen molar-refractivity contribution in [2.45, 2.75) is 12.3 Å². The van der Waals surface area contributed by atoms with Crippen LogP contribution in [-0.4, -0.2) is 29.1 Å². The van der Waals surface area contributed by atoms with E-state index >= 15 is 0 Å². The van der Waals surface area contributed by atoms with Crippen LogP contribution in [0.1, 0.15) is 5.56 Å². The molecule has 92 valence electrons. The van der Waals surface area contributed by atoms with Gasteiger partial charge < -0.3 is 10.2 Å². The summed E-state index contributed by atoms with van der Waals surface area (Å²) in [6.45, 7) is -0.269. The molecule has 0 saturated heterocycles. The summed E-state index contributed by atoms with van der Waals surface area (Å²) in [5.41, 5.74) is 0.670. The maximum atomic E-state index is 13.2. The van der Waals surface area contributed by atoms with Crippen molar-refractivity contribution in [3.63, 3.8) is 0 Å². The molecule has 0 heterocycles. The number of aliphatic hydroxyl groups is 2. The van der Waals surface area contributed by atoms with E-state index < -0.39 is 12.3 Å². The van der Waals surface area contributed by atoms with Crippen molar-refractivity contribution in [2.75, 3.05) is 6.61 Å². The van der Waals surface area contributed by atoms with Crippen LogP contribution in [0.3, 0.4) is 0 Å². The van der Waals surface area contributed by atoms with Gasteiger partial charge in [0.05, 0.1) is 6.61 Å². The SMILES string of the molecule is OC/C=C\[C@@H](F)[C@@H](O)/C=C/c1ccc(F)cc1. The summed E-state index contributed by atoms with van der Waals surface area (Å²) in [5, 5.41) is 17.8. The Morgan fingerprint density at radius 3 is 2.41 bits per heavy atom. The molecule has 0 aliphatic heterocycles. The maximum absolute atomic E-state index is 13.2. The van der Waals surface area contributed by atoms with Crippen LogP contribution in [0.25, 0.3) is 6.08 Å². The molecular formula is C13H14F2O2. The summed E-state index contributed by atoms with van der Waals surface area (Å²) in [5.74, 6) is -0.350. The second-order valence-corrected chi connectivity index (χ2v) is 3.46. The lowest BCUT2D eigenvalue weighted by atomic mass is 10.1. The summed E-state index contributed by atoms with van der Waals surface area (Å²) in [4.78, 5) is 0. The van der Waals surface area contributed by atoms with E-state index in [-0.39, 0.29) is 12.4 Å². The summed E-state index contributed by atoms with van der Waals surface area (Å²) in [6, 6.07) is 5.61. The van der Waals surface area contributed by atoms with Crippen LogP contribution in [0.15, 0.2) is 42.5 Å². The van der Waals surface area contributed by atoms with E-state index in [4.69, 9.17) is 5.11 Å². The third-order valence-corrected chi connectivity index (χ3v) is 2.11. The Kier molecular flexibility index (Phi) is 5.52. The largest absolute Gasteiger partial charge is 0.392 e. The van der Waals surface area contributed by atoms with Crippen molar-refractivity contribution in [3.05, 3.63) is 53.9 Å². The first-order chi connectivity index (χ1) is 8.13. The Balaban J connectivity index is 2.58. The lowest BCUT2D eigenvalue weighted by Crippen LogP contribution is -2.16. The Bertz CT molecular complexity index is 385. The Labute approximate surface area is 98.5 Å². The fourth-order valence-electron chi connectivity index (χ4n) is 1.19. The quantitative estimate of drug-likeness (QED) is 0.774. The predicted molar refractivity (Wildman–Crippen MR) is 62.6 cm³/mol. The number of aliphatic hydroxyl groups excluding tert-OH is 2. The average Bonchev–Trinajstić information content (AvgIpc) is 2.34. The molecule has 2 atom stereocenters. The monoisotopic (exact) mass is 240 g/mol. The third-order valence-electron chi connectivity index (χ3n) is 2.11. The zero-order valence-corrected chi connectivity index (χ0v) is 9.13. The minimum Gasteiger partial charge on any atom is -0.392 e. The number of hydrogen-bond donors (Lipinski definition) is 2. The highest BCUT2D eigenvalue weighted by molar-refractivity contribution is 5.49. The zero-order valence-electron chi connectivity index (χ0n) is 9.13. The maximum Gasteiger partial charge on any atom is 0.148 e. The number of halogens is 2. The van der Waals surface area contributed by atoms with Gasteiger partial charge in [-0.05, 0) is 23.8 Å². The van der Waals surface area contributed by atoms with Crippen LogP contribution in [0.4, 0.5) is 8.78 Å². The lowest BCUT2D eigenvalue weighted by Gasteiger charge is -2.07. The second kappa shape index (κ2) is 6.93. The molecule has 2 N–H and O–H groups in total. The van der Waals surface area contributed by atoms with Gasteiger partial charge in [0.2, 0.25) is 0 Å². The van der Waals surface area contributed by atoms with E-state index in [9.17, 15) is 13.9 Å². The Hall–Kier alpha value is -1.52. The van der Waals surface area contributed by atoms with Gasteiger partial charge in [0.1, 0.15) is 18.1 Å². The van der Waals surface area contributed by atoms with Crippen LogP contribution in [0, 0.1) is 5.82 Å². The van der Waals surface area contributed by atoms with E-state index in [1.165, 1.54) is 42.5 Å². The highest BCUT2D eigenvalue weighted by Crippen LogP contribution is 2.08. The van der Waals surface area contributed by atoms with Crippen LogP contribution < -0.4 is 0 Å². The number of hydrogen-bond acceptors (Lipinski definition) is 2. The van der Waals surface area contributed by atoms with Gasteiger partial charge in [-0.3, -0.25) is 0 Å². The molecule has 1 aromatic rings. The van der Waals surface area contributed by atoms with Gasteiger partial charge in [0, 0.05) is 0 Å². The fraction of sp³-hybridized carbons (Fsp3) is 0.231. The molecule has 0 aromatic heterocycles. The molecule has 4 heteroatoms. The smallest absolute Gasteiger partial charge is 0.148 e. The molecule has 0 aliphatic rings. The highest BCUT2D eigenvalue weighted by atomic mass is 19.1. The predicted octanol–water partition coefficient (Wildman–Crippen LogP) is 2.09. The summed E-state index contributed by atoms with van der Waals surface area (Å²) < 4.78 is 25.8. The summed E-state index contributed by atoms with van der Waals surface area (Å²) >= 11 is 0. The minimum atomic E-state index is -1.57. The number of benzene rings is 1. The first-order valence-corrected chi connectivity index (χ1v) is 5.17. The van der Waals surface area contributed by atoms with E-state index in [1.807, 2.05) is 0 Å². The lowest BCUT2D eigenvalue weighted by molar-refractivity contribution is 0.144. The van der Waals surface area contributed by atoms with Crippen LogP contribution in [-0.2, 0) is 0 Å². The van der Waals surface area contributed by atoms with Crippen LogP contribution in [0.2, 0.25) is 0 Å². The van der Waals surface area contributed by atoms with Crippen LogP contribution in [0.5, 0.6) is 0 Å². The molecule has 0 bridgehead atoms. The second-order valence-electron chi connectivity index (χ2n) is 3.46. The zero-order chi connectivity index (χ0) is 12.7. The van der Waals surface area contributed by atoms with Gasteiger partial charge in [-0.1, -0.05) is 30.4 Å². The van der Waals surface area contributed by atoms with Gasteiger partial charge >= 0.3 is 0 Å². The van der Waals surface area contributed by atoms with Gasteiger partial charge in [-0.25, -0.2) is 8.78 Å². The van der Waals surface area contributed by atoms with Gasteiger partial charge in [-0.15, -0.1) is 0 Å². The fourth-order valence-corrected chi connectivity index (χ4v) is 1.19. The van der Waals surface area contributed by atoms with E-state index in [2.05, 4.69) is 0 Å². The van der Waals surface area contributed by atoms with Gasteiger partial charge in [0.15, 0.2) is 0 Å². The van der Waals surface area contributed by atoms with Crippen LogP contribution >= 0.6 is 0 Å². The Morgan fingerprint density at radius 2 is 1.82 bits per heavy atom. The number of rotatable bonds is 5. The molecule has 1 aromatic carbocycles. The van der Waals surface area contributed by atoms with Gasteiger partial charge in [0.25, 0.3) is 0 Å². The Morgan fingerprint density at radius 1 is 1.18 bits per heavy atom. The highest BCUT2D eigenvalue weighted by Gasteiger charge is 2.10. The molecule has 0 saturated carbocycles. The molecule has 0 unspecified atom stereocenters. The first kappa shape index (κ1) is 13.5. The number of alkyl halides is 1. The van der Waals surface area contributed by atoms with Crippen molar-refractivity contribution in [1.82, 2.24) is 0 Å². The third kappa shape index (κ3) is 4.89. The van der Waals surface area contributed by atoms with Crippen molar-refractivity contribution < 1.29 is 19.0 Å². The molecule has 0 fully saturated rings. The molecule has 0 spiro atoms. The standard InChI is InChI=1S/C13H14F2O2/c14-11-6-3-10(4-7-11)5-8-13(17)12(15)2-1-9-16/h1-8,12-13,16-17H,9H2/b2-1-,8-5+/t12-,13+/m1/s1. The molecule has 0 amide bonds. The van der Waals surface area contributed by atoms with Gasteiger partial charge in [-0.2, -0.15) is 0 Å². The summed E-state index contributed by atoms with van der Waals surface area (Å²) in [7, 11) is 0. The van der Waals surface area contributed by atoms with E-state index in [0.717, 1.165) is 6.08 Å². The summed E-state index contributed by atoms with van der Waals surface area (Å²) in [6.07, 6.45) is 2.23.